The number of carbonyl (C=O) groups excluding carboxylic acids is 1. The number of nitrogens with one attached hydrogen (secondary N) is 2. The number of benzene rings is 1. The molecule has 0 saturated carbocycles. The molecule has 0 aliphatic carbocycles. The number of rotatable bonds is 8. The summed E-state index contributed by atoms with van der Waals surface area (Å²) in [6, 6.07) is 10.4. The molecule has 0 radical (unpaired) electrons. The summed E-state index contributed by atoms with van der Waals surface area (Å²) in [5.74, 6) is 0.297. The van der Waals surface area contributed by atoms with Crippen molar-refractivity contribution in [1.29, 1.82) is 0 Å². The summed E-state index contributed by atoms with van der Waals surface area (Å²) >= 11 is 1.50. The number of hydrogen-bond acceptors (Lipinski definition) is 5. The third kappa shape index (κ3) is 5.41. The van der Waals surface area contributed by atoms with Crippen LogP contribution < -0.4 is 10.0 Å². The number of likely N-dealkylation sites (tertiary alicyclic amines) is 1. The summed E-state index contributed by atoms with van der Waals surface area (Å²) < 4.78 is 27.3. The normalized spacial score (nSPS) is 17.9. The Kier molecular flexibility index (Phi) is 6.87. The van der Waals surface area contributed by atoms with Crippen molar-refractivity contribution in [2.24, 2.45) is 5.92 Å². The van der Waals surface area contributed by atoms with E-state index in [2.05, 4.69) is 28.8 Å². The number of nitrogens with zero attached hydrogens (tertiary/aromatic N) is 1. The lowest BCUT2D eigenvalue weighted by Gasteiger charge is -2.20. The van der Waals surface area contributed by atoms with Gasteiger partial charge in [-0.1, -0.05) is 6.07 Å². The van der Waals surface area contributed by atoms with E-state index in [0.29, 0.717) is 24.1 Å². The lowest BCUT2D eigenvalue weighted by Crippen LogP contribution is -2.33. The lowest BCUT2D eigenvalue weighted by atomic mass is 10.1. The molecule has 1 aliphatic heterocycles. The van der Waals surface area contributed by atoms with E-state index < -0.39 is 10.0 Å². The topological polar surface area (TPSA) is 78.5 Å². The quantitative estimate of drug-likeness (QED) is 0.687. The Morgan fingerprint density at radius 2 is 2.00 bits per heavy atom. The molecule has 28 heavy (non-hydrogen) atoms. The zero-order valence-corrected chi connectivity index (χ0v) is 17.9. The van der Waals surface area contributed by atoms with Gasteiger partial charge in [-0.25, -0.2) is 13.1 Å². The molecule has 0 bridgehead atoms. The van der Waals surface area contributed by atoms with Crippen molar-refractivity contribution in [3.8, 4) is 0 Å². The lowest BCUT2D eigenvalue weighted by molar-refractivity contribution is 0.0947. The summed E-state index contributed by atoms with van der Waals surface area (Å²) in [4.78, 5) is 15.9. The maximum atomic E-state index is 12.4. The standard InChI is InChI=1S/C20H27N3O3S2/c1-15(2)23-10-9-16(14-23)12-21-20(24)17-5-7-19(8-6-17)28(25,26)22-13-18-4-3-11-27-18/h3-8,11,15-16,22H,9-10,12-14H2,1-2H3,(H,21,24). The Bertz CT molecular complexity index is 878. The molecule has 1 unspecified atom stereocenters. The second kappa shape index (κ2) is 9.17. The molecule has 1 aromatic carbocycles. The van der Waals surface area contributed by atoms with Crippen molar-refractivity contribution in [2.75, 3.05) is 19.6 Å². The minimum absolute atomic E-state index is 0.156. The van der Waals surface area contributed by atoms with Crippen LogP contribution in [0.4, 0.5) is 0 Å². The van der Waals surface area contributed by atoms with Gasteiger partial charge in [0.05, 0.1) is 4.90 Å². The highest BCUT2D eigenvalue weighted by molar-refractivity contribution is 7.89. The molecular weight excluding hydrogens is 394 g/mol. The Morgan fingerprint density at radius 1 is 1.25 bits per heavy atom. The predicted molar refractivity (Wildman–Crippen MR) is 112 cm³/mol. The molecule has 2 N–H and O–H groups in total. The van der Waals surface area contributed by atoms with E-state index >= 15 is 0 Å². The third-order valence-electron chi connectivity index (χ3n) is 5.04. The fourth-order valence-corrected chi connectivity index (χ4v) is 5.03. The molecule has 1 amide bonds. The molecule has 1 aromatic heterocycles. The van der Waals surface area contributed by atoms with Crippen LogP contribution in [0.15, 0.2) is 46.7 Å². The molecule has 2 aromatic rings. The fourth-order valence-electron chi connectivity index (χ4n) is 3.29. The van der Waals surface area contributed by atoms with Crippen LogP contribution in [0.25, 0.3) is 0 Å². The summed E-state index contributed by atoms with van der Waals surface area (Å²) in [7, 11) is -3.60. The van der Waals surface area contributed by atoms with Gasteiger partial charge in [0.15, 0.2) is 0 Å². The summed E-state index contributed by atoms with van der Waals surface area (Å²) in [5.41, 5.74) is 0.468. The van der Waals surface area contributed by atoms with Gasteiger partial charge in [-0.2, -0.15) is 0 Å². The first-order valence-corrected chi connectivity index (χ1v) is 11.9. The van der Waals surface area contributed by atoms with Gasteiger partial charge in [-0.05, 0) is 68.4 Å². The molecule has 1 aliphatic rings. The van der Waals surface area contributed by atoms with Gasteiger partial charge in [0.25, 0.3) is 5.91 Å². The van der Waals surface area contributed by atoms with Crippen LogP contribution in [0.2, 0.25) is 0 Å². The van der Waals surface area contributed by atoms with E-state index in [1.54, 1.807) is 12.1 Å². The van der Waals surface area contributed by atoms with E-state index in [1.165, 1.54) is 23.5 Å². The maximum absolute atomic E-state index is 12.4. The highest BCUT2D eigenvalue weighted by Gasteiger charge is 2.24. The first kappa shape index (κ1) is 21.0. The Hall–Kier alpha value is -1.74. The average Bonchev–Trinajstić information content (AvgIpc) is 3.36. The minimum Gasteiger partial charge on any atom is -0.352 e. The molecule has 152 valence electrons. The van der Waals surface area contributed by atoms with Crippen molar-refractivity contribution in [3.05, 3.63) is 52.2 Å². The van der Waals surface area contributed by atoms with Crippen LogP contribution in [0.1, 0.15) is 35.5 Å². The van der Waals surface area contributed by atoms with Gasteiger partial charge >= 0.3 is 0 Å². The van der Waals surface area contributed by atoms with E-state index in [0.717, 1.165) is 24.4 Å². The Morgan fingerprint density at radius 3 is 2.61 bits per heavy atom. The molecule has 1 fully saturated rings. The fraction of sp³-hybridized carbons (Fsp3) is 0.450. The molecule has 2 heterocycles. The number of sulfonamides is 1. The molecular formula is C20H27N3O3S2. The van der Waals surface area contributed by atoms with Crippen LogP contribution in [0.5, 0.6) is 0 Å². The van der Waals surface area contributed by atoms with Crippen molar-refractivity contribution >= 4 is 27.3 Å². The van der Waals surface area contributed by atoms with Crippen molar-refractivity contribution in [2.45, 2.75) is 37.8 Å². The molecule has 0 spiro atoms. The molecule has 1 saturated heterocycles. The van der Waals surface area contributed by atoms with Crippen LogP contribution in [0.3, 0.4) is 0 Å². The van der Waals surface area contributed by atoms with Crippen LogP contribution >= 0.6 is 11.3 Å². The van der Waals surface area contributed by atoms with Crippen LogP contribution in [-0.2, 0) is 16.6 Å². The highest BCUT2D eigenvalue weighted by Crippen LogP contribution is 2.18. The Labute approximate surface area is 171 Å². The van der Waals surface area contributed by atoms with E-state index in [-0.39, 0.29) is 17.3 Å². The second-order valence-corrected chi connectivity index (χ2v) is 10.2. The van der Waals surface area contributed by atoms with Crippen molar-refractivity contribution in [3.63, 3.8) is 0 Å². The largest absolute Gasteiger partial charge is 0.352 e. The number of amides is 1. The third-order valence-corrected chi connectivity index (χ3v) is 7.34. The number of hydrogen-bond donors (Lipinski definition) is 2. The minimum atomic E-state index is -3.60. The summed E-state index contributed by atoms with van der Waals surface area (Å²) in [6.45, 7) is 7.35. The SMILES string of the molecule is CC(C)N1CCC(CNC(=O)c2ccc(S(=O)(=O)NCc3cccs3)cc2)C1. The van der Waals surface area contributed by atoms with E-state index in [4.69, 9.17) is 0 Å². The maximum Gasteiger partial charge on any atom is 0.251 e. The van der Waals surface area contributed by atoms with Crippen LogP contribution in [0, 0.1) is 5.92 Å². The van der Waals surface area contributed by atoms with Gasteiger partial charge in [0, 0.05) is 36.1 Å². The molecule has 8 heteroatoms. The van der Waals surface area contributed by atoms with Gasteiger partial charge in [0.2, 0.25) is 10.0 Å². The Balaban J connectivity index is 1.52. The first-order valence-electron chi connectivity index (χ1n) is 9.49. The number of carbonyl (C=O) groups is 1. The monoisotopic (exact) mass is 421 g/mol. The van der Waals surface area contributed by atoms with Crippen molar-refractivity contribution < 1.29 is 13.2 Å². The van der Waals surface area contributed by atoms with Gasteiger partial charge in [0.1, 0.15) is 0 Å². The smallest absolute Gasteiger partial charge is 0.251 e. The second-order valence-electron chi connectivity index (χ2n) is 7.38. The van der Waals surface area contributed by atoms with Crippen LogP contribution in [-0.4, -0.2) is 44.9 Å². The first-order chi connectivity index (χ1) is 13.3. The van der Waals surface area contributed by atoms with E-state index in [1.807, 2.05) is 17.5 Å². The van der Waals surface area contributed by atoms with Gasteiger partial charge < -0.3 is 10.2 Å². The van der Waals surface area contributed by atoms with Gasteiger partial charge in [-0.15, -0.1) is 11.3 Å². The molecule has 6 nitrogen and oxygen atoms in total. The van der Waals surface area contributed by atoms with Crippen molar-refractivity contribution in [1.82, 2.24) is 14.9 Å². The van der Waals surface area contributed by atoms with E-state index in [9.17, 15) is 13.2 Å². The average molecular weight is 422 g/mol. The molecule has 3 rings (SSSR count). The molecule has 1 atom stereocenters. The summed E-state index contributed by atoms with van der Waals surface area (Å²) in [6.07, 6.45) is 1.09. The number of thiophene rings is 1. The summed E-state index contributed by atoms with van der Waals surface area (Å²) in [5, 5.41) is 4.88. The van der Waals surface area contributed by atoms with Gasteiger partial charge in [-0.3, -0.25) is 4.79 Å². The predicted octanol–water partition coefficient (Wildman–Crippen LogP) is 2.69. The zero-order valence-electron chi connectivity index (χ0n) is 16.2. The zero-order chi connectivity index (χ0) is 20.1. The highest BCUT2D eigenvalue weighted by atomic mass is 32.2.